The van der Waals surface area contributed by atoms with E-state index in [1.54, 1.807) is 0 Å². The Kier molecular flexibility index (Phi) is 15.6. The molecule has 3 heterocycles. The predicted molar refractivity (Wildman–Crippen MR) is 200 cm³/mol. The topological polar surface area (TPSA) is 40.5 Å². The lowest BCUT2D eigenvalue weighted by atomic mass is 9.82. The average molecular weight is 650 g/mol. The fraction of sp³-hybridized carbons (Fsp3) is 0.525. The third kappa shape index (κ3) is 9.91. The van der Waals surface area contributed by atoms with Gasteiger partial charge in [0.25, 0.3) is 0 Å². The van der Waals surface area contributed by atoms with E-state index in [2.05, 4.69) is 70.0 Å². The average Bonchev–Trinajstić information content (AvgIpc) is 3.43. The van der Waals surface area contributed by atoms with E-state index >= 15 is 0 Å². The van der Waals surface area contributed by atoms with Crippen molar-refractivity contribution in [2.45, 2.75) is 110 Å². The third-order valence-electron chi connectivity index (χ3n) is 9.36. The number of carbonyl (C=O) groups is 1. The Balaban J connectivity index is 0.000000486. The van der Waals surface area contributed by atoms with Crippen LogP contribution in [0, 0.1) is 18.8 Å². The van der Waals surface area contributed by atoms with E-state index in [-0.39, 0.29) is 13.1 Å². The summed E-state index contributed by atoms with van der Waals surface area (Å²) < 4.78 is 0. The van der Waals surface area contributed by atoms with Crippen LogP contribution in [0.5, 0.6) is 0 Å². The maximum atomic E-state index is 13.6. The first-order valence-corrected chi connectivity index (χ1v) is 18.8. The fourth-order valence-electron chi connectivity index (χ4n) is 6.36. The number of allylic oxidation sites excluding steroid dienone is 1. The smallest absolute Gasteiger partial charge is 0.170 e. The van der Waals surface area contributed by atoms with Gasteiger partial charge < -0.3 is 10.0 Å². The maximum Gasteiger partial charge on any atom is 0.170 e. The Morgan fingerprint density at radius 3 is 2.24 bits per heavy atom. The van der Waals surface area contributed by atoms with Crippen molar-refractivity contribution < 1.29 is 11.3 Å². The van der Waals surface area contributed by atoms with Crippen LogP contribution in [0.3, 0.4) is 0 Å². The molecule has 0 spiro atoms. The molecule has 6 rings (SSSR count). The molecule has 1 N–H and O–H groups in total. The normalized spacial score (nSPS) is 21.2. The van der Waals surface area contributed by atoms with Crippen LogP contribution in [0.1, 0.15) is 123 Å². The van der Waals surface area contributed by atoms with Crippen LogP contribution in [0.2, 0.25) is 0 Å². The minimum atomic E-state index is -0.147. The van der Waals surface area contributed by atoms with E-state index in [1.807, 2.05) is 61.2 Å². The van der Waals surface area contributed by atoms with E-state index in [4.69, 9.17) is 5.11 Å². The number of aryl methyl sites for hydroxylation is 2. The van der Waals surface area contributed by atoms with E-state index in [1.165, 1.54) is 73.9 Å². The van der Waals surface area contributed by atoms with Gasteiger partial charge in [0.1, 0.15) is 0 Å². The number of carbonyl (C=O) groups excluding carboxylic acids is 1. The van der Waals surface area contributed by atoms with E-state index in [0.717, 1.165) is 56.9 Å². The maximum absolute atomic E-state index is 13.6. The second kappa shape index (κ2) is 18.8. The standard InChI is InChI=1S/C29H31NOS2.C8H16.C2H6.CH4O.H2/c1-19-12-14-22(15-13-19)28(31)20(2)29-27(23-16-17-30(3)18-26(23)33-29)25-11-7-5-9-21-8-4-6-10-24(21)32-25;1-7-5-3-4-6-8(7)2;2*1-2;/h4,6,8,10-15,20H,5,7,9,16-18H2,1-3H3;7-8H,3-6H2,1-2H3;1-2H3;2H,1H3;1H/b25-11+;;;;. The lowest BCUT2D eigenvalue weighted by Crippen LogP contribution is -2.25. The Hall–Kier alpha value is -2.18. The third-order valence-corrected chi connectivity index (χ3v) is 12.0. The molecule has 3 unspecified atom stereocenters. The number of benzene rings is 2. The van der Waals surface area contributed by atoms with Crippen molar-refractivity contribution >= 4 is 33.8 Å². The van der Waals surface area contributed by atoms with Gasteiger partial charge in [-0.05, 0) is 68.7 Å². The van der Waals surface area contributed by atoms with Crippen molar-refractivity contribution in [2.75, 3.05) is 20.7 Å². The molecule has 5 heteroatoms. The lowest BCUT2D eigenvalue weighted by Gasteiger charge is -2.24. The molecule has 1 aromatic heterocycles. The first-order chi connectivity index (χ1) is 21.8. The highest BCUT2D eigenvalue weighted by molar-refractivity contribution is 8.08. The highest BCUT2D eigenvalue weighted by atomic mass is 32.2. The summed E-state index contributed by atoms with van der Waals surface area (Å²) in [6.45, 7) is 15.0. The zero-order valence-electron chi connectivity index (χ0n) is 29.1. The molecule has 248 valence electrons. The molecule has 1 fully saturated rings. The number of rotatable bonds is 4. The van der Waals surface area contributed by atoms with Crippen molar-refractivity contribution in [3.05, 3.63) is 92.2 Å². The summed E-state index contributed by atoms with van der Waals surface area (Å²) in [6.07, 6.45) is 12.8. The van der Waals surface area contributed by atoms with E-state index in [0.29, 0.717) is 0 Å². The Morgan fingerprint density at radius 2 is 1.60 bits per heavy atom. The zero-order chi connectivity index (χ0) is 32.9. The molecule has 3 nitrogen and oxygen atoms in total. The number of hydrogen-bond acceptors (Lipinski definition) is 5. The number of thiophene rings is 1. The first kappa shape index (κ1) is 37.3. The molecule has 2 aromatic carbocycles. The van der Waals surface area contributed by atoms with Crippen LogP contribution in [0.25, 0.3) is 4.91 Å². The molecule has 3 aromatic rings. The van der Waals surface area contributed by atoms with Gasteiger partial charge in [0.05, 0.1) is 5.92 Å². The van der Waals surface area contributed by atoms with Crippen molar-refractivity contribution in [3.63, 3.8) is 0 Å². The summed E-state index contributed by atoms with van der Waals surface area (Å²) in [5.74, 6) is 2.08. The number of aliphatic hydroxyl groups is 1. The Labute approximate surface area is 284 Å². The Bertz CT molecular complexity index is 1370. The molecule has 3 atom stereocenters. The summed E-state index contributed by atoms with van der Waals surface area (Å²) in [6, 6.07) is 16.9. The summed E-state index contributed by atoms with van der Waals surface area (Å²) in [5, 5.41) is 7.00. The second-order valence-corrected chi connectivity index (χ2v) is 14.8. The van der Waals surface area contributed by atoms with Crippen LogP contribution >= 0.6 is 23.1 Å². The molecular weight excluding hydrogens is 591 g/mol. The summed E-state index contributed by atoms with van der Waals surface area (Å²) >= 11 is 3.78. The summed E-state index contributed by atoms with van der Waals surface area (Å²) in [4.78, 5) is 21.4. The van der Waals surface area contributed by atoms with Gasteiger partial charge in [-0.2, -0.15) is 0 Å². The molecule has 45 heavy (non-hydrogen) atoms. The number of aliphatic hydroxyl groups excluding tert-OH is 1. The van der Waals surface area contributed by atoms with Gasteiger partial charge in [-0.3, -0.25) is 4.79 Å². The fourth-order valence-corrected chi connectivity index (χ4v) is 9.15. The Morgan fingerprint density at radius 1 is 0.956 bits per heavy atom. The van der Waals surface area contributed by atoms with Crippen LogP contribution in [0.15, 0.2) is 59.5 Å². The number of thioether (sulfide) groups is 1. The number of ketones is 1. The minimum Gasteiger partial charge on any atom is -0.400 e. The largest absolute Gasteiger partial charge is 0.400 e. The van der Waals surface area contributed by atoms with Crippen molar-refractivity contribution in [3.8, 4) is 0 Å². The van der Waals surface area contributed by atoms with Gasteiger partial charge in [0.2, 0.25) is 0 Å². The van der Waals surface area contributed by atoms with Gasteiger partial charge in [-0.15, -0.1) is 11.3 Å². The number of likely N-dealkylation sites (N-methyl/N-ethyl adjacent to an activating group) is 1. The highest BCUT2D eigenvalue weighted by Gasteiger charge is 2.31. The van der Waals surface area contributed by atoms with Gasteiger partial charge in [-0.1, -0.05) is 126 Å². The SMILES string of the molecule is CC.CC1CCCCC1C.CO.Cc1ccc(C(=O)C(C)c2sc3c(c2/C2=C\CCCc4ccccc4S2)CCN(C)C3)cc1.[HH]. The quantitative estimate of drug-likeness (QED) is 0.286. The number of Topliss-reactive ketones (excluding diaryl/α,β-unsaturated/α-hetero) is 1. The first-order valence-electron chi connectivity index (χ1n) is 17.2. The summed E-state index contributed by atoms with van der Waals surface area (Å²) in [7, 11) is 3.20. The lowest BCUT2D eigenvalue weighted by molar-refractivity contribution is 0.0967. The summed E-state index contributed by atoms with van der Waals surface area (Å²) in [5.41, 5.74) is 6.28. The molecule has 3 aliphatic rings. The van der Waals surface area contributed by atoms with E-state index in [9.17, 15) is 4.79 Å². The second-order valence-electron chi connectivity index (χ2n) is 12.6. The van der Waals surface area contributed by atoms with Crippen LogP contribution in [-0.4, -0.2) is 36.5 Å². The number of fused-ring (bicyclic) bond motifs is 2. The number of nitrogens with zero attached hydrogens (tertiary/aromatic N) is 1. The molecule has 0 saturated heterocycles. The monoisotopic (exact) mass is 649 g/mol. The van der Waals surface area contributed by atoms with Crippen molar-refractivity contribution in [1.82, 2.24) is 4.90 Å². The zero-order valence-corrected chi connectivity index (χ0v) is 30.8. The van der Waals surface area contributed by atoms with Gasteiger partial charge in [0.15, 0.2) is 5.78 Å². The molecule has 1 aliphatic carbocycles. The van der Waals surface area contributed by atoms with Crippen molar-refractivity contribution in [1.29, 1.82) is 0 Å². The molecular formula is C40H59NO2S2. The van der Waals surface area contributed by atoms with Crippen molar-refractivity contribution in [2.24, 2.45) is 11.8 Å². The number of hydrogen-bond donors (Lipinski definition) is 1. The molecule has 0 radical (unpaired) electrons. The van der Waals surface area contributed by atoms with E-state index < -0.39 is 0 Å². The minimum absolute atomic E-state index is 0. The molecule has 2 aliphatic heterocycles. The molecule has 1 saturated carbocycles. The highest BCUT2D eigenvalue weighted by Crippen LogP contribution is 2.48. The van der Waals surface area contributed by atoms with Gasteiger partial charge in [0, 0.05) is 52.3 Å². The van der Waals surface area contributed by atoms with Crippen LogP contribution in [0.4, 0.5) is 0 Å². The predicted octanol–water partition coefficient (Wildman–Crippen LogP) is 11.2. The van der Waals surface area contributed by atoms with Crippen LogP contribution < -0.4 is 0 Å². The van der Waals surface area contributed by atoms with Crippen LogP contribution in [-0.2, 0) is 19.4 Å². The molecule has 0 bridgehead atoms. The van der Waals surface area contributed by atoms with Gasteiger partial charge in [-0.25, -0.2) is 0 Å². The van der Waals surface area contributed by atoms with Gasteiger partial charge >= 0.3 is 0 Å². The molecule has 0 amide bonds.